The van der Waals surface area contributed by atoms with Gasteiger partial charge in [-0.25, -0.2) is 31.1 Å². The minimum Gasteiger partial charge on any atom is -0.479 e. The predicted octanol–water partition coefficient (Wildman–Crippen LogP) is 3.07. The number of nitrogens with zero attached hydrogens (tertiary/aromatic N) is 7. The average molecular weight is 541 g/mol. The van der Waals surface area contributed by atoms with Gasteiger partial charge in [0.15, 0.2) is 5.82 Å². The van der Waals surface area contributed by atoms with Crippen molar-refractivity contribution in [3.8, 4) is 17.0 Å². The lowest BCUT2D eigenvalue weighted by atomic mass is 9.98. The zero-order chi connectivity index (χ0) is 29.1. The van der Waals surface area contributed by atoms with Crippen molar-refractivity contribution >= 4 is 22.5 Å². The van der Waals surface area contributed by atoms with Crippen LogP contribution in [0.25, 0.3) is 27.7 Å². The fourth-order valence-electron chi connectivity index (χ4n) is 4.86. The van der Waals surface area contributed by atoms with E-state index in [0.29, 0.717) is 19.8 Å². The molecular weight excluding hydrogens is 515 g/mol. The second kappa shape index (κ2) is 9.31. The van der Waals surface area contributed by atoms with Gasteiger partial charge in [0.05, 0.1) is 60.3 Å². The summed E-state index contributed by atoms with van der Waals surface area (Å²) in [5.41, 5.74) is 0.207. The molecule has 0 saturated carbocycles. The number of rotatable bonds is 7. The average Bonchev–Trinajstić information content (AvgIpc) is 3.37. The van der Waals surface area contributed by atoms with Crippen LogP contribution in [0.4, 0.5) is 27.9 Å². The van der Waals surface area contributed by atoms with Gasteiger partial charge in [-0.3, -0.25) is 4.90 Å². The first-order chi connectivity index (χ1) is 19.4. The Hall–Kier alpha value is -3.59. The SMILES string of the molecule is [2H]C([2H])([2H])Oc1nc(NC2CCN(C3COC3)CC2(F)F)nn2cc(F)c(-c3ccc4nnn(CC(F)F)c4c3)c12. The predicted molar refractivity (Wildman–Crippen MR) is 125 cm³/mol. The third-order valence-corrected chi connectivity index (χ3v) is 6.83. The first-order valence-corrected chi connectivity index (χ1v) is 11.7. The Morgan fingerprint density at radius 3 is 2.87 bits per heavy atom. The molecule has 4 aromatic rings. The highest BCUT2D eigenvalue weighted by molar-refractivity contribution is 5.89. The monoisotopic (exact) mass is 541 g/mol. The zero-order valence-corrected chi connectivity index (χ0v) is 19.6. The summed E-state index contributed by atoms with van der Waals surface area (Å²) >= 11 is 0. The summed E-state index contributed by atoms with van der Waals surface area (Å²) in [6, 6.07) is 2.78. The van der Waals surface area contributed by atoms with E-state index in [0.717, 1.165) is 15.4 Å². The molecule has 0 radical (unpaired) electrons. The van der Waals surface area contributed by atoms with Crippen molar-refractivity contribution < 1.29 is 35.5 Å². The van der Waals surface area contributed by atoms with E-state index in [-0.39, 0.29) is 40.1 Å². The fourth-order valence-corrected chi connectivity index (χ4v) is 4.86. The maximum Gasteiger partial charge on any atom is 0.280 e. The molecule has 38 heavy (non-hydrogen) atoms. The Labute approximate surface area is 216 Å². The van der Waals surface area contributed by atoms with Gasteiger partial charge in [0.1, 0.15) is 17.6 Å². The molecule has 6 rings (SSSR count). The minimum atomic E-state index is -3.19. The van der Waals surface area contributed by atoms with Gasteiger partial charge in [-0.1, -0.05) is 11.3 Å². The highest BCUT2D eigenvalue weighted by atomic mass is 19.3. The lowest BCUT2D eigenvalue weighted by Crippen LogP contribution is -2.61. The normalized spacial score (nSPS) is 21.8. The second-order valence-corrected chi connectivity index (χ2v) is 9.26. The van der Waals surface area contributed by atoms with Gasteiger partial charge in [-0.05, 0) is 24.1 Å². The van der Waals surface area contributed by atoms with Crippen LogP contribution in [0.2, 0.25) is 0 Å². The number of methoxy groups -OCH3 is 1. The first kappa shape index (κ1) is 21.4. The van der Waals surface area contributed by atoms with Gasteiger partial charge in [-0.2, -0.15) is 4.98 Å². The van der Waals surface area contributed by atoms with Crippen molar-refractivity contribution in [1.82, 2.24) is 34.5 Å². The van der Waals surface area contributed by atoms with Gasteiger partial charge < -0.3 is 14.8 Å². The zero-order valence-electron chi connectivity index (χ0n) is 22.6. The summed E-state index contributed by atoms with van der Waals surface area (Å²) in [5, 5.41) is 14.2. The van der Waals surface area contributed by atoms with Gasteiger partial charge in [0.25, 0.3) is 12.3 Å². The summed E-state index contributed by atoms with van der Waals surface area (Å²) in [6.07, 6.45) is -1.77. The van der Waals surface area contributed by atoms with Crippen molar-refractivity contribution in [2.45, 2.75) is 37.4 Å². The molecule has 1 unspecified atom stereocenters. The van der Waals surface area contributed by atoms with Crippen LogP contribution < -0.4 is 10.1 Å². The summed E-state index contributed by atoms with van der Waals surface area (Å²) in [6.45, 7) is -0.111. The molecule has 10 nitrogen and oxygen atoms in total. The largest absolute Gasteiger partial charge is 0.479 e. The molecule has 15 heteroatoms. The Morgan fingerprint density at radius 1 is 1.32 bits per heavy atom. The van der Waals surface area contributed by atoms with Crippen molar-refractivity contribution in [2.75, 3.05) is 38.7 Å². The number of piperidine rings is 1. The first-order valence-electron chi connectivity index (χ1n) is 13.2. The number of anilines is 1. The van der Waals surface area contributed by atoms with E-state index in [2.05, 4.69) is 25.7 Å². The topological polar surface area (TPSA) is 94.6 Å². The van der Waals surface area contributed by atoms with Crippen molar-refractivity contribution in [3.63, 3.8) is 0 Å². The molecule has 1 atom stereocenters. The highest BCUT2D eigenvalue weighted by Crippen LogP contribution is 2.36. The number of benzene rings is 1. The molecule has 0 bridgehead atoms. The van der Waals surface area contributed by atoms with Crippen LogP contribution in [0.1, 0.15) is 10.5 Å². The highest BCUT2D eigenvalue weighted by Gasteiger charge is 2.47. The number of alkyl halides is 4. The van der Waals surface area contributed by atoms with E-state index in [1.54, 1.807) is 4.90 Å². The van der Waals surface area contributed by atoms with E-state index in [9.17, 15) is 8.78 Å². The van der Waals surface area contributed by atoms with Crippen LogP contribution in [0.15, 0.2) is 24.4 Å². The summed E-state index contributed by atoms with van der Waals surface area (Å²) in [4.78, 5) is 5.70. The molecule has 2 saturated heterocycles. The second-order valence-electron chi connectivity index (χ2n) is 9.26. The molecular formula is C23H23F5N8O2. The molecule has 0 amide bonds. The third kappa shape index (κ3) is 4.28. The molecule has 1 N–H and O–H groups in total. The van der Waals surface area contributed by atoms with Gasteiger partial charge in [0.2, 0.25) is 11.8 Å². The number of aromatic nitrogens is 6. The number of likely N-dealkylation sites (tertiary alicyclic amines) is 1. The Balaban J connectivity index is 1.38. The summed E-state index contributed by atoms with van der Waals surface area (Å²) < 4.78 is 106. The maximum absolute atomic E-state index is 15.4. The smallest absolute Gasteiger partial charge is 0.280 e. The molecule has 2 aliphatic rings. The number of hydrogen-bond acceptors (Lipinski definition) is 8. The molecule has 202 valence electrons. The molecule has 0 aliphatic carbocycles. The molecule has 1 aromatic carbocycles. The van der Waals surface area contributed by atoms with Crippen molar-refractivity contribution in [3.05, 3.63) is 30.2 Å². The fraction of sp³-hybridized carbons (Fsp3) is 0.478. The summed E-state index contributed by atoms with van der Waals surface area (Å²) in [7, 11) is -3.03. The quantitative estimate of drug-likeness (QED) is 0.357. The third-order valence-electron chi connectivity index (χ3n) is 6.83. The number of fused-ring (bicyclic) bond motifs is 2. The van der Waals surface area contributed by atoms with E-state index >= 15 is 13.2 Å². The lowest BCUT2D eigenvalue weighted by Gasteiger charge is -2.44. The van der Waals surface area contributed by atoms with Crippen LogP contribution in [-0.2, 0) is 11.3 Å². The van der Waals surface area contributed by atoms with E-state index in [4.69, 9.17) is 13.6 Å². The van der Waals surface area contributed by atoms with E-state index < -0.39 is 56.2 Å². The molecule has 0 spiro atoms. The van der Waals surface area contributed by atoms with Gasteiger partial charge >= 0.3 is 0 Å². The molecule has 3 aromatic heterocycles. The van der Waals surface area contributed by atoms with Crippen LogP contribution >= 0.6 is 0 Å². The van der Waals surface area contributed by atoms with Crippen molar-refractivity contribution in [2.24, 2.45) is 0 Å². The Bertz CT molecular complexity index is 1590. The van der Waals surface area contributed by atoms with Crippen LogP contribution in [-0.4, -0.2) is 92.3 Å². The van der Waals surface area contributed by atoms with Gasteiger partial charge in [0, 0.05) is 6.54 Å². The number of ether oxygens (including phenoxy) is 2. The van der Waals surface area contributed by atoms with Crippen molar-refractivity contribution in [1.29, 1.82) is 0 Å². The maximum atomic E-state index is 15.4. The van der Waals surface area contributed by atoms with E-state index in [1.165, 1.54) is 18.2 Å². The van der Waals surface area contributed by atoms with E-state index in [1.807, 2.05) is 0 Å². The van der Waals surface area contributed by atoms with Gasteiger partial charge in [-0.15, -0.1) is 10.2 Å². The number of halogens is 5. The molecule has 2 fully saturated rings. The Morgan fingerprint density at radius 2 is 2.16 bits per heavy atom. The Kier molecular flexibility index (Phi) is 5.23. The van der Waals surface area contributed by atoms with Crippen LogP contribution in [0.3, 0.4) is 0 Å². The van der Waals surface area contributed by atoms with Crippen LogP contribution in [0, 0.1) is 5.82 Å². The standard InChI is InChI=1S/C23H23F5N8O2/c1-37-21-20-19(12-2-3-15-16(6-12)35(33-31-15)8-18(25)26)14(24)7-36(20)32-22(30-21)29-17-4-5-34(11-23(17,27)28)13-9-38-10-13/h2-3,6-7,13,17-18H,4-5,8-11H2,1H3,(H,29,32)/i1D3. The minimum absolute atomic E-state index is 0.0337. The number of nitrogens with one attached hydrogen (secondary N) is 1. The lowest BCUT2D eigenvalue weighted by molar-refractivity contribution is -0.131. The molecule has 2 aliphatic heterocycles. The summed E-state index contributed by atoms with van der Waals surface area (Å²) in [5.74, 6) is -5.04. The van der Waals surface area contributed by atoms with Crippen LogP contribution in [0.5, 0.6) is 5.88 Å². The molecule has 5 heterocycles. The number of hydrogen-bond donors (Lipinski definition) is 1.